The Bertz CT molecular complexity index is 883. The van der Waals surface area contributed by atoms with Crippen LogP contribution >= 0.6 is 0 Å². The summed E-state index contributed by atoms with van der Waals surface area (Å²) in [6.45, 7) is 1.66. The van der Waals surface area contributed by atoms with Crippen LogP contribution in [0.2, 0.25) is 0 Å². The monoisotopic (exact) mass is 380 g/mol. The first kappa shape index (κ1) is 18.4. The first-order valence-electron chi connectivity index (χ1n) is 9.63. The molecule has 4 N–H and O–H groups in total. The number of nitrogens with one attached hydrogen (secondary N) is 2. The molecule has 2 fully saturated rings. The first-order valence-corrected chi connectivity index (χ1v) is 9.63. The molecule has 0 spiro atoms. The maximum atomic E-state index is 13.0. The zero-order chi connectivity index (χ0) is 19.6. The second kappa shape index (κ2) is 7.59. The van der Waals surface area contributed by atoms with Crippen molar-refractivity contribution in [3.63, 3.8) is 0 Å². The maximum absolute atomic E-state index is 13.0. The van der Waals surface area contributed by atoms with Crippen LogP contribution in [0.25, 0.3) is 0 Å². The van der Waals surface area contributed by atoms with E-state index < -0.39 is 5.91 Å². The van der Waals surface area contributed by atoms with Gasteiger partial charge >= 0.3 is 0 Å². The van der Waals surface area contributed by atoms with Crippen LogP contribution in [0.5, 0.6) is 11.6 Å². The molecule has 2 heterocycles. The molecule has 0 radical (unpaired) electrons. The van der Waals surface area contributed by atoms with E-state index in [-0.39, 0.29) is 11.3 Å². The van der Waals surface area contributed by atoms with Crippen molar-refractivity contribution in [1.82, 2.24) is 10.3 Å². The molecule has 0 bridgehead atoms. The van der Waals surface area contributed by atoms with Gasteiger partial charge in [-0.25, -0.2) is 4.98 Å². The summed E-state index contributed by atoms with van der Waals surface area (Å²) >= 11 is 0. The predicted molar refractivity (Wildman–Crippen MR) is 105 cm³/mol. The van der Waals surface area contributed by atoms with Crippen molar-refractivity contribution in [2.45, 2.75) is 25.7 Å². The van der Waals surface area contributed by atoms with Crippen LogP contribution in [0.15, 0.2) is 42.6 Å². The number of amides is 2. The Hall–Kier alpha value is -2.93. The number of anilines is 1. The number of aromatic nitrogens is 1. The molecule has 7 heteroatoms. The van der Waals surface area contributed by atoms with Crippen LogP contribution in [0.4, 0.5) is 5.69 Å². The molecule has 7 nitrogen and oxygen atoms in total. The number of primary amides is 1. The molecule has 2 aliphatic rings. The lowest BCUT2D eigenvalue weighted by molar-refractivity contribution is -0.128. The van der Waals surface area contributed by atoms with E-state index in [0.717, 1.165) is 32.4 Å². The Morgan fingerprint density at radius 2 is 2.14 bits per heavy atom. The molecule has 4 rings (SSSR count). The minimum Gasteiger partial charge on any atom is -0.439 e. The van der Waals surface area contributed by atoms with Gasteiger partial charge < -0.3 is 21.1 Å². The normalized spacial score (nSPS) is 23.6. The fourth-order valence-corrected chi connectivity index (χ4v) is 4.29. The number of nitrogens with two attached hydrogens (primary N) is 1. The largest absolute Gasteiger partial charge is 0.439 e. The van der Waals surface area contributed by atoms with Crippen molar-refractivity contribution in [3.05, 3.63) is 48.2 Å². The van der Waals surface area contributed by atoms with E-state index >= 15 is 0 Å². The highest BCUT2D eigenvalue weighted by Crippen LogP contribution is 2.44. The number of carbonyl (C=O) groups excluding carboxylic acids is 2. The molecule has 1 saturated carbocycles. The number of hydrogen-bond donors (Lipinski definition) is 3. The van der Waals surface area contributed by atoms with E-state index in [9.17, 15) is 9.59 Å². The molecule has 1 aromatic heterocycles. The average molecular weight is 380 g/mol. The van der Waals surface area contributed by atoms with Crippen molar-refractivity contribution in [1.29, 1.82) is 0 Å². The molecule has 1 aliphatic carbocycles. The zero-order valence-electron chi connectivity index (χ0n) is 15.6. The molecule has 1 aromatic carbocycles. The number of pyridine rings is 1. The van der Waals surface area contributed by atoms with Gasteiger partial charge in [0.05, 0.1) is 17.3 Å². The molecule has 2 atom stereocenters. The topological polar surface area (TPSA) is 106 Å². The van der Waals surface area contributed by atoms with E-state index in [4.69, 9.17) is 10.5 Å². The second-order valence-electron chi connectivity index (χ2n) is 7.56. The number of fused-ring (bicyclic) bond motifs is 1. The fourth-order valence-electron chi connectivity index (χ4n) is 4.29. The number of rotatable bonds is 5. The van der Waals surface area contributed by atoms with E-state index in [2.05, 4.69) is 15.6 Å². The van der Waals surface area contributed by atoms with Crippen LogP contribution in [-0.4, -0.2) is 29.9 Å². The molecular formula is C21H24N4O3. The van der Waals surface area contributed by atoms with Gasteiger partial charge in [-0.05, 0) is 49.6 Å². The van der Waals surface area contributed by atoms with Crippen molar-refractivity contribution >= 4 is 17.5 Å². The van der Waals surface area contributed by atoms with E-state index in [0.29, 0.717) is 28.8 Å². The Kier molecular flexibility index (Phi) is 5.00. The summed E-state index contributed by atoms with van der Waals surface area (Å²) in [6, 6.07) is 10.1. The number of carbonyl (C=O) groups is 2. The number of benzene rings is 1. The summed E-state index contributed by atoms with van der Waals surface area (Å²) in [6.07, 6.45) is 5.92. The lowest BCUT2D eigenvalue weighted by atomic mass is 9.67. The van der Waals surface area contributed by atoms with Crippen molar-refractivity contribution < 1.29 is 14.3 Å². The van der Waals surface area contributed by atoms with E-state index in [1.807, 2.05) is 0 Å². The molecule has 146 valence electrons. The number of ether oxygens (including phenoxy) is 1. The predicted octanol–water partition coefficient (Wildman–Crippen LogP) is 2.69. The summed E-state index contributed by atoms with van der Waals surface area (Å²) in [5, 5.41) is 6.42. The average Bonchev–Trinajstić information content (AvgIpc) is 3.15. The van der Waals surface area contributed by atoms with Crippen molar-refractivity contribution in [2.75, 3.05) is 18.4 Å². The minimum atomic E-state index is -0.515. The SMILES string of the molecule is NC(=O)c1cccc(Oc2ccc(NC(=O)[C@@]34CCCC[C@H]3CNC4)cn2)c1. The quantitative estimate of drug-likeness (QED) is 0.739. The van der Waals surface area contributed by atoms with Crippen LogP contribution in [-0.2, 0) is 4.79 Å². The molecule has 1 saturated heterocycles. The van der Waals surface area contributed by atoms with Gasteiger partial charge in [0.1, 0.15) is 5.75 Å². The van der Waals surface area contributed by atoms with Gasteiger partial charge in [0.15, 0.2) is 0 Å². The van der Waals surface area contributed by atoms with Gasteiger partial charge in [0, 0.05) is 18.2 Å². The third-order valence-corrected chi connectivity index (χ3v) is 5.83. The van der Waals surface area contributed by atoms with Gasteiger partial charge in [-0.15, -0.1) is 0 Å². The smallest absolute Gasteiger partial charge is 0.248 e. The van der Waals surface area contributed by atoms with E-state index in [1.165, 1.54) is 6.42 Å². The van der Waals surface area contributed by atoms with Gasteiger partial charge in [-0.1, -0.05) is 18.9 Å². The van der Waals surface area contributed by atoms with Crippen molar-refractivity contribution in [2.24, 2.45) is 17.1 Å². The van der Waals surface area contributed by atoms with Gasteiger partial charge in [-0.3, -0.25) is 9.59 Å². The molecular weight excluding hydrogens is 356 g/mol. The Morgan fingerprint density at radius 3 is 2.93 bits per heavy atom. The number of hydrogen-bond acceptors (Lipinski definition) is 5. The standard InChI is InChI=1S/C21H24N4O3/c22-19(26)14-4-3-6-17(10-14)28-18-8-7-16(12-24-18)25-20(27)21-9-2-1-5-15(21)11-23-13-21/h3-4,6-8,10,12,15,23H,1-2,5,9,11,13H2,(H2,22,26)(H,25,27)/t15-,21+/m0/s1. The Morgan fingerprint density at radius 1 is 1.25 bits per heavy atom. The second-order valence-corrected chi connectivity index (χ2v) is 7.56. The zero-order valence-corrected chi connectivity index (χ0v) is 15.6. The van der Waals surface area contributed by atoms with Crippen LogP contribution < -0.4 is 21.1 Å². The van der Waals surface area contributed by atoms with Crippen LogP contribution in [0.3, 0.4) is 0 Å². The summed E-state index contributed by atoms with van der Waals surface area (Å²) < 4.78 is 5.67. The third-order valence-electron chi connectivity index (χ3n) is 5.83. The summed E-state index contributed by atoms with van der Waals surface area (Å²) in [5.74, 6) is 0.817. The molecule has 1 aliphatic heterocycles. The lowest BCUT2D eigenvalue weighted by Gasteiger charge is -2.37. The summed E-state index contributed by atoms with van der Waals surface area (Å²) in [5.41, 5.74) is 6.00. The minimum absolute atomic E-state index is 0.0758. The highest BCUT2D eigenvalue weighted by molar-refractivity contribution is 5.96. The molecule has 0 unspecified atom stereocenters. The maximum Gasteiger partial charge on any atom is 0.248 e. The molecule has 2 aromatic rings. The highest BCUT2D eigenvalue weighted by atomic mass is 16.5. The highest BCUT2D eigenvalue weighted by Gasteiger charge is 2.49. The van der Waals surface area contributed by atoms with Gasteiger partial charge in [0.25, 0.3) is 0 Å². The summed E-state index contributed by atoms with van der Waals surface area (Å²) in [4.78, 5) is 28.5. The van der Waals surface area contributed by atoms with Gasteiger partial charge in [0.2, 0.25) is 17.7 Å². The Labute approximate surface area is 163 Å². The van der Waals surface area contributed by atoms with Crippen LogP contribution in [0, 0.1) is 11.3 Å². The van der Waals surface area contributed by atoms with Gasteiger partial charge in [-0.2, -0.15) is 0 Å². The fraction of sp³-hybridized carbons (Fsp3) is 0.381. The van der Waals surface area contributed by atoms with Crippen molar-refractivity contribution in [3.8, 4) is 11.6 Å². The molecule has 28 heavy (non-hydrogen) atoms. The first-order chi connectivity index (χ1) is 13.6. The third kappa shape index (κ3) is 3.57. The summed E-state index contributed by atoms with van der Waals surface area (Å²) in [7, 11) is 0. The van der Waals surface area contributed by atoms with Crippen LogP contribution in [0.1, 0.15) is 36.0 Å². The Balaban J connectivity index is 1.43. The van der Waals surface area contributed by atoms with E-state index in [1.54, 1.807) is 42.6 Å². The number of nitrogens with zero attached hydrogens (tertiary/aromatic N) is 1. The lowest BCUT2D eigenvalue weighted by Crippen LogP contribution is -2.44. The molecule has 2 amide bonds.